The van der Waals surface area contributed by atoms with E-state index in [9.17, 15) is 35.5 Å². The first-order chi connectivity index (χ1) is 32.2. The minimum Gasteiger partial charge on any atom is -0.456 e. The number of hydrogen-bond acceptors (Lipinski definition) is 9. The molecule has 15 nitrogen and oxygen atoms in total. The van der Waals surface area contributed by atoms with Gasteiger partial charge in [0.05, 0.1) is 22.4 Å². The van der Waals surface area contributed by atoms with E-state index in [0.717, 1.165) is 66.5 Å². The normalized spacial score (nSPS) is 12.6. The van der Waals surface area contributed by atoms with Crippen molar-refractivity contribution in [2.45, 2.75) is 111 Å². The zero-order chi connectivity index (χ0) is 49.7. The zero-order valence-corrected chi connectivity index (χ0v) is 41.7. The van der Waals surface area contributed by atoms with Gasteiger partial charge in [0.1, 0.15) is 21.1 Å². The van der Waals surface area contributed by atoms with Crippen molar-refractivity contribution in [2.24, 2.45) is 10.9 Å². The Kier molecular flexibility index (Phi) is 16.1. The second-order valence-electron chi connectivity index (χ2n) is 17.4. The van der Waals surface area contributed by atoms with Crippen LogP contribution in [0.4, 0.5) is 38.0 Å². The fourth-order valence-corrected chi connectivity index (χ4v) is 10.0. The fraction of sp³-hybridized carbons (Fsp3) is 0.353. The highest BCUT2D eigenvalue weighted by Crippen LogP contribution is 2.44. The predicted molar refractivity (Wildman–Crippen MR) is 270 cm³/mol. The SMILES string of the molecule is CCCCNC(=O)Nc1c(C)cc(C)c(Nc2ccc3c(-c4ccccc4S(=O)(=O)O)c4cc(S(=O)(=O)O)c(=Nc5c(C)cc(C)c(NC(=O)NCC(CC)CCCC)c5C)cc-4oc3c2)c1C. The Balaban J connectivity index is 1.55. The molecule has 362 valence electrons. The van der Waals surface area contributed by atoms with Gasteiger partial charge in [0.15, 0.2) is 0 Å². The lowest BCUT2D eigenvalue weighted by Crippen LogP contribution is -2.33. The van der Waals surface area contributed by atoms with Crippen LogP contribution in [-0.2, 0) is 20.2 Å². The van der Waals surface area contributed by atoms with Crippen LogP contribution in [0, 0.1) is 47.5 Å². The molecule has 1 aliphatic carbocycles. The number of aryl methyl sites for hydroxylation is 4. The molecule has 0 aromatic heterocycles. The summed E-state index contributed by atoms with van der Waals surface area (Å²) in [6.07, 6.45) is 5.85. The summed E-state index contributed by atoms with van der Waals surface area (Å²) in [6, 6.07) is 16.5. The maximum absolute atomic E-state index is 13.3. The van der Waals surface area contributed by atoms with Crippen LogP contribution in [-0.4, -0.2) is 51.1 Å². The van der Waals surface area contributed by atoms with E-state index in [0.29, 0.717) is 58.3 Å². The van der Waals surface area contributed by atoms with Gasteiger partial charge in [0.2, 0.25) is 0 Å². The number of hydrogen-bond donors (Lipinski definition) is 7. The third-order valence-electron chi connectivity index (χ3n) is 12.3. The van der Waals surface area contributed by atoms with Crippen LogP contribution in [0.3, 0.4) is 0 Å². The van der Waals surface area contributed by atoms with Crippen LogP contribution in [0.2, 0.25) is 0 Å². The number of nitrogens with zero attached hydrogens (tertiary/aromatic N) is 1. The van der Waals surface area contributed by atoms with Crippen molar-refractivity contribution in [1.82, 2.24) is 10.6 Å². The lowest BCUT2D eigenvalue weighted by atomic mass is 9.93. The van der Waals surface area contributed by atoms with Crippen LogP contribution in [0.25, 0.3) is 33.4 Å². The molecular weight excluding hydrogens is 905 g/mol. The van der Waals surface area contributed by atoms with Crippen molar-refractivity contribution in [1.29, 1.82) is 0 Å². The average Bonchev–Trinajstić information content (AvgIpc) is 3.27. The Hall–Kier alpha value is -6.27. The van der Waals surface area contributed by atoms with Gasteiger partial charge in [-0.05, 0) is 118 Å². The van der Waals surface area contributed by atoms with Gasteiger partial charge in [-0.2, -0.15) is 16.8 Å². The van der Waals surface area contributed by atoms with Crippen LogP contribution in [0.15, 0.2) is 85.9 Å². The Morgan fingerprint density at radius 1 is 0.676 bits per heavy atom. The van der Waals surface area contributed by atoms with Crippen LogP contribution in [0.5, 0.6) is 0 Å². The minimum atomic E-state index is -5.02. The molecule has 1 atom stereocenters. The van der Waals surface area contributed by atoms with Crippen molar-refractivity contribution >= 4 is 71.7 Å². The average molecular weight is 967 g/mol. The first kappa shape index (κ1) is 51.1. The topological polar surface area (TPSA) is 229 Å². The summed E-state index contributed by atoms with van der Waals surface area (Å²) in [5.74, 6) is 0.400. The van der Waals surface area contributed by atoms with E-state index >= 15 is 0 Å². The maximum Gasteiger partial charge on any atom is 0.319 e. The van der Waals surface area contributed by atoms with Crippen molar-refractivity contribution in [2.75, 3.05) is 29.0 Å². The molecule has 0 fully saturated rings. The van der Waals surface area contributed by atoms with Crippen LogP contribution < -0.4 is 31.9 Å². The summed E-state index contributed by atoms with van der Waals surface area (Å²) in [5.41, 5.74) is 7.83. The lowest BCUT2D eigenvalue weighted by molar-refractivity contribution is 0.249. The van der Waals surface area contributed by atoms with Crippen molar-refractivity contribution in [3.05, 3.63) is 105 Å². The smallest absolute Gasteiger partial charge is 0.319 e. The van der Waals surface area contributed by atoms with E-state index in [2.05, 4.69) is 40.4 Å². The molecule has 4 amide bonds. The summed E-state index contributed by atoms with van der Waals surface area (Å²) in [7, 11) is -9.84. The number of benzene rings is 5. The van der Waals surface area contributed by atoms with Gasteiger partial charge in [-0.1, -0.05) is 76.8 Å². The third kappa shape index (κ3) is 11.5. The molecular formula is C51H62N6O9S2. The van der Waals surface area contributed by atoms with E-state index < -0.39 is 36.1 Å². The quantitative estimate of drug-likeness (QED) is 0.0260. The van der Waals surface area contributed by atoms with E-state index in [4.69, 9.17) is 9.41 Å². The van der Waals surface area contributed by atoms with Crippen LogP contribution in [0.1, 0.15) is 92.7 Å². The van der Waals surface area contributed by atoms with E-state index in [-0.39, 0.29) is 39.4 Å². The number of carbonyl (C=O) groups excluding carboxylic acids is 2. The summed E-state index contributed by atoms with van der Waals surface area (Å²) in [6.45, 7) is 18.5. The standard InChI is InChI=1S/C51H62N6O9S2/c1-10-13-17-35(12-3)28-53-51(59)57-49-32(7)24-30(5)47(34(49)9)55-40-27-42-39(26-44(40)68(63,64)65)45(38-18-15-16-19-43(38)67(60,61)62)37-21-20-36(25-41(37)66-42)54-46-29(4)23-31(6)48(33(46)8)56-50(58)52-22-14-11-2/h15-16,18-21,23-27,35,54H,10-14,17,22,28H2,1-9H3,(H2,52,56,58)(H2,53,57,59)(H,60,61,62)(H,63,64,65). The number of urea groups is 2. The number of unbranched alkanes of at least 4 members (excludes halogenated alkanes) is 2. The Morgan fingerprint density at radius 2 is 1.29 bits per heavy atom. The number of carbonyl (C=O) groups is 2. The van der Waals surface area contributed by atoms with E-state index in [1.54, 1.807) is 38.1 Å². The van der Waals surface area contributed by atoms with E-state index in [1.165, 1.54) is 30.3 Å². The first-order valence-electron chi connectivity index (χ1n) is 22.9. The lowest BCUT2D eigenvalue weighted by Gasteiger charge is -2.21. The molecule has 4 aromatic rings. The van der Waals surface area contributed by atoms with Crippen molar-refractivity contribution in [3.63, 3.8) is 0 Å². The Bertz CT molecular complexity index is 3170. The first-order valence-corrected chi connectivity index (χ1v) is 25.8. The molecule has 2 aliphatic rings. The summed E-state index contributed by atoms with van der Waals surface area (Å²) in [4.78, 5) is 29.9. The van der Waals surface area contributed by atoms with Crippen LogP contribution >= 0.6 is 0 Å². The largest absolute Gasteiger partial charge is 0.456 e. The molecule has 0 spiro atoms. The number of rotatable bonds is 17. The van der Waals surface area contributed by atoms with Gasteiger partial charge in [0.25, 0.3) is 20.2 Å². The number of anilines is 4. The minimum absolute atomic E-state index is 0.0421. The highest BCUT2D eigenvalue weighted by Gasteiger charge is 2.27. The highest BCUT2D eigenvalue weighted by molar-refractivity contribution is 7.86. The van der Waals surface area contributed by atoms with Gasteiger partial charge < -0.3 is 31.0 Å². The Labute approximate surface area is 399 Å². The molecule has 7 N–H and O–H groups in total. The van der Waals surface area contributed by atoms with Gasteiger partial charge in [-0.3, -0.25) is 9.11 Å². The van der Waals surface area contributed by atoms with Gasteiger partial charge in [0, 0.05) is 58.7 Å². The molecule has 6 rings (SSSR count). The Morgan fingerprint density at radius 3 is 1.94 bits per heavy atom. The molecule has 1 unspecified atom stereocenters. The van der Waals surface area contributed by atoms with E-state index in [1.807, 2.05) is 46.8 Å². The summed E-state index contributed by atoms with van der Waals surface area (Å²) >= 11 is 0. The van der Waals surface area contributed by atoms with Crippen molar-refractivity contribution < 1.29 is 39.9 Å². The molecule has 0 saturated carbocycles. The molecule has 1 aliphatic heterocycles. The molecule has 68 heavy (non-hydrogen) atoms. The van der Waals surface area contributed by atoms with Gasteiger partial charge in [-0.15, -0.1) is 0 Å². The second kappa shape index (κ2) is 21.4. The maximum atomic E-state index is 13.3. The summed E-state index contributed by atoms with van der Waals surface area (Å²) < 4.78 is 80.3. The molecule has 4 aromatic carbocycles. The zero-order valence-electron chi connectivity index (χ0n) is 40.1. The summed E-state index contributed by atoms with van der Waals surface area (Å²) in [5, 5.41) is 15.5. The number of amides is 4. The molecule has 0 saturated heterocycles. The van der Waals surface area contributed by atoms with Crippen molar-refractivity contribution in [3.8, 4) is 22.5 Å². The predicted octanol–water partition coefficient (Wildman–Crippen LogP) is 11.8. The number of fused-ring (bicyclic) bond motifs is 2. The molecule has 17 heteroatoms. The van der Waals surface area contributed by atoms with Gasteiger partial charge >= 0.3 is 12.1 Å². The van der Waals surface area contributed by atoms with Gasteiger partial charge in [-0.25, -0.2) is 14.6 Å². The molecule has 1 heterocycles. The number of nitrogens with one attached hydrogen (secondary N) is 5. The fourth-order valence-electron chi connectivity index (χ4n) is 8.72. The second-order valence-corrected chi connectivity index (χ2v) is 20.2. The molecule has 0 bridgehead atoms. The highest BCUT2D eigenvalue weighted by atomic mass is 32.2. The monoisotopic (exact) mass is 966 g/mol. The molecule has 0 radical (unpaired) electrons. The third-order valence-corrected chi connectivity index (χ3v) is 14.1.